The average molecular weight is 290 g/mol. The number of rotatable bonds is 5. The average Bonchev–Trinajstić information content (AvgIpc) is 2.81. The number of benzene rings is 1. The number of thioether (sulfide) groups is 1. The summed E-state index contributed by atoms with van der Waals surface area (Å²) in [6.45, 7) is 2.38. The van der Waals surface area contributed by atoms with E-state index in [9.17, 15) is 4.79 Å². The molecular formula is C15H18N2O2S. The monoisotopic (exact) mass is 290 g/mol. The van der Waals surface area contributed by atoms with Crippen molar-refractivity contribution in [2.45, 2.75) is 18.4 Å². The maximum absolute atomic E-state index is 12.0. The van der Waals surface area contributed by atoms with Gasteiger partial charge in [0.2, 0.25) is 5.91 Å². The van der Waals surface area contributed by atoms with Crippen molar-refractivity contribution in [3.8, 4) is 0 Å². The van der Waals surface area contributed by atoms with E-state index in [2.05, 4.69) is 0 Å². The molecule has 0 aliphatic rings. The molecular weight excluding hydrogens is 272 g/mol. The first kappa shape index (κ1) is 14.5. The fraction of sp³-hybridized carbons (Fsp3) is 0.267. The fourth-order valence-electron chi connectivity index (χ4n) is 1.75. The van der Waals surface area contributed by atoms with Gasteiger partial charge in [0, 0.05) is 17.6 Å². The van der Waals surface area contributed by atoms with Crippen molar-refractivity contribution >= 4 is 23.4 Å². The van der Waals surface area contributed by atoms with Crippen LogP contribution >= 0.6 is 11.8 Å². The van der Waals surface area contributed by atoms with Crippen LogP contribution in [-0.2, 0) is 11.3 Å². The van der Waals surface area contributed by atoms with E-state index in [0.29, 0.717) is 18.0 Å². The van der Waals surface area contributed by atoms with E-state index in [-0.39, 0.29) is 5.91 Å². The molecule has 20 heavy (non-hydrogen) atoms. The zero-order valence-electron chi connectivity index (χ0n) is 11.6. The molecule has 0 aliphatic carbocycles. The Morgan fingerprint density at radius 1 is 1.35 bits per heavy atom. The molecule has 1 amide bonds. The minimum atomic E-state index is 0.0616. The normalized spacial score (nSPS) is 10.5. The Bertz CT molecular complexity index is 595. The number of hydrogen-bond donors (Lipinski definition) is 1. The van der Waals surface area contributed by atoms with E-state index < -0.39 is 0 Å². The molecule has 2 N–H and O–H groups in total. The van der Waals surface area contributed by atoms with Crippen molar-refractivity contribution in [2.75, 3.05) is 18.5 Å². The van der Waals surface area contributed by atoms with Crippen LogP contribution in [0.4, 0.5) is 5.69 Å². The van der Waals surface area contributed by atoms with Crippen LogP contribution in [0.3, 0.4) is 0 Å². The zero-order chi connectivity index (χ0) is 14.5. The summed E-state index contributed by atoms with van der Waals surface area (Å²) in [6, 6.07) is 11.3. The lowest BCUT2D eigenvalue weighted by atomic mass is 10.3. The van der Waals surface area contributed by atoms with Gasteiger partial charge in [0.05, 0.1) is 12.3 Å². The van der Waals surface area contributed by atoms with Gasteiger partial charge < -0.3 is 15.1 Å². The molecule has 0 spiro atoms. The summed E-state index contributed by atoms with van der Waals surface area (Å²) in [7, 11) is 1.78. The number of carbonyl (C=O) groups is 1. The highest BCUT2D eigenvalue weighted by Gasteiger charge is 2.11. The molecule has 1 heterocycles. The van der Waals surface area contributed by atoms with Gasteiger partial charge in [-0.3, -0.25) is 4.79 Å². The predicted octanol–water partition coefficient (Wildman–Crippen LogP) is 2.92. The summed E-state index contributed by atoms with van der Waals surface area (Å²) in [5.41, 5.74) is 6.42. The maximum Gasteiger partial charge on any atom is 0.233 e. The van der Waals surface area contributed by atoms with E-state index in [1.54, 1.807) is 11.9 Å². The highest BCUT2D eigenvalue weighted by atomic mass is 32.2. The highest BCUT2D eigenvalue weighted by Crippen LogP contribution is 2.20. The molecule has 106 valence electrons. The third-order valence-corrected chi connectivity index (χ3v) is 3.81. The Morgan fingerprint density at radius 2 is 2.15 bits per heavy atom. The number of anilines is 1. The number of nitrogens with two attached hydrogens (primary N) is 1. The lowest BCUT2D eigenvalue weighted by Gasteiger charge is -2.15. The van der Waals surface area contributed by atoms with Gasteiger partial charge >= 0.3 is 0 Å². The van der Waals surface area contributed by atoms with Gasteiger partial charge in [0.15, 0.2) is 0 Å². The number of furan rings is 1. The van der Waals surface area contributed by atoms with Crippen molar-refractivity contribution in [3.05, 3.63) is 47.9 Å². The minimum absolute atomic E-state index is 0.0616. The van der Waals surface area contributed by atoms with Crippen molar-refractivity contribution in [1.82, 2.24) is 4.90 Å². The molecule has 0 saturated heterocycles. The van der Waals surface area contributed by atoms with E-state index in [4.69, 9.17) is 10.2 Å². The second kappa shape index (κ2) is 6.52. The number of nitrogen functional groups attached to an aromatic ring is 1. The Morgan fingerprint density at radius 3 is 2.80 bits per heavy atom. The predicted molar refractivity (Wildman–Crippen MR) is 81.5 cm³/mol. The lowest BCUT2D eigenvalue weighted by molar-refractivity contribution is -0.127. The molecule has 0 aliphatic heterocycles. The molecule has 2 aromatic rings. The maximum atomic E-state index is 12.0. The van der Waals surface area contributed by atoms with Gasteiger partial charge in [0.1, 0.15) is 11.5 Å². The van der Waals surface area contributed by atoms with E-state index >= 15 is 0 Å². The number of amides is 1. The van der Waals surface area contributed by atoms with Crippen LogP contribution in [0.2, 0.25) is 0 Å². The summed E-state index contributed by atoms with van der Waals surface area (Å²) >= 11 is 1.48. The van der Waals surface area contributed by atoms with E-state index in [0.717, 1.165) is 16.4 Å². The number of hydrogen-bond acceptors (Lipinski definition) is 4. The number of aryl methyl sites for hydroxylation is 1. The van der Waals surface area contributed by atoms with Gasteiger partial charge in [-0.15, -0.1) is 11.8 Å². The molecule has 5 heteroatoms. The van der Waals surface area contributed by atoms with Crippen LogP contribution in [0, 0.1) is 6.92 Å². The standard InChI is InChI=1S/C15H18N2O2S/c1-11-6-7-13(19-11)9-17(2)15(18)10-20-14-5-3-4-12(16)8-14/h3-8H,9-10,16H2,1-2H3. The van der Waals surface area contributed by atoms with E-state index in [1.165, 1.54) is 11.8 Å². The van der Waals surface area contributed by atoms with Gasteiger partial charge in [0.25, 0.3) is 0 Å². The molecule has 4 nitrogen and oxygen atoms in total. The third-order valence-electron chi connectivity index (χ3n) is 2.84. The van der Waals surface area contributed by atoms with Crippen LogP contribution in [0.5, 0.6) is 0 Å². The Kier molecular flexibility index (Phi) is 4.74. The quantitative estimate of drug-likeness (QED) is 0.679. The van der Waals surface area contributed by atoms with Crippen LogP contribution in [0.1, 0.15) is 11.5 Å². The minimum Gasteiger partial charge on any atom is -0.464 e. The van der Waals surface area contributed by atoms with Crippen LogP contribution in [0.15, 0.2) is 45.7 Å². The summed E-state index contributed by atoms with van der Waals surface area (Å²) in [5, 5.41) is 0. The van der Waals surface area contributed by atoms with Crippen molar-refractivity contribution < 1.29 is 9.21 Å². The largest absolute Gasteiger partial charge is 0.464 e. The molecule has 1 aromatic carbocycles. The Hall–Kier alpha value is -1.88. The van der Waals surface area contributed by atoms with Crippen LogP contribution < -0.4 is 5.73 Å². The molecule has 2 rings (SSSR count). The summed E-state index contributed by atoms with van der Waals surface area (Å²) in [4.78, 5) is 14.7. The molecule has 0 fully saturated rings. The van der Waals surface area contributed by atoms with Gasteiger partial charge in [-0.2, -0.15) is 0 Å². The topological polar surface area (TPSA) is 59.5 Å². The number of carbonyl (C=O) groups excluding carboxylic acids is 1. The summed E-state index contributed by atoms with van der Waals surface area (Å²) in [6.07, 6.45) is 0. The first-order valence-electron chi connectivity index (χ1n) is 6.32. The van der Waals surface area contributed by atoms with Crippen molar-refractivity contribution in [2.24, 2.45) is 0 Å². The molecule has 1 aromatic heterocycles. The zero-order valence-corrected chi connectivity index (χ0v) is 12.4. The SMILES string of the molecule is Cc1ccc(CN(C)C(=O)CSc2cccc(N)c2)o1. The Labute approximate surface area is 122 Å². The van der Waals surface area contributed by atoms with Crippen LogP contribution in [0.25, 0.3) is 0 Å². The van der Waals surface area contributed by atoms with Gasteiger partial charge in [-0.1, -0.05) is 6.07 Å². The summed E-state index contributed by atoms with van der Waals surface area (Å²) < 4.78 is 5.47. The molecule has 0 unspecified atom stereocenters. The van der Waals surface area contributed by atoms with Crippen LogP contribution in [-0.4, -0.2) is 23.6 Å². The smallest absolute Gasteiger partial charge is 0.233 e. The number of nitrogens with zero attached hydrogens (tertiary/aromatic N) is 1. The van der Waals surface area contributed by atoms with Crippen molar-refractivity contribution in [1.29, 1.82) is 0 Å². The van der Waals surface area contributed by atoms with Crippen molar-refractivity contribution in [3.63, 3.8) is 0 Å². The molecule has 0 atom stereocenters. The highest BCUT2D eigenvalue weighted by molar-refractivity contribution is 8.00. The molecule has 0 saturated carbocycles. The Balaban J connectivity index is 1.85. The van der Waals surface area contributed by atoms with E-state index in [1.807, 2.05) is 43.3 Å². The first-order valence-corrected chi connectivity index (χ1v) is 7.31. The summed E-state index contributed by atoms with van der Waals surface area (Å²) in [5.74, 6) is 2.10. The van der Waals surface area contributed by atoms with Gasteiger partial charge in [-0.25, -0.2) is 0 Å². The second-order valence-corrected chi connectivity index (χ2v) is 5.67. The third kappa shape index (κ3) is 4.06. The molecule has 0 radical (unpaired) electrons. The fourth-order valence-corrected chi connectivity index (χ4v) is 2.66. The molecule has 0 bridgehead atoms. The second-order valence-electron chi connectivity index (χ2n) is 4.62. The lowest BCUT2D eigenvalue weighted by Crippen LogP contribution is -2.27. The van der Waals surface area contributed by atoms with Gasteiger partial charge in [-0.05, 0) is 37.3 Å². The first-order chi connectivity index (χ1) is 9.54.